The molecule has 34 heavy (non-hydrogen) atoms. The van der Waals surface area contributed by atoms with E-state index >= 15 is 0 Å². The Hall–Kier alpha value is -1.58. The van der Waals surface area contributed by atoms with E-state index in [1.807, 2.05) is 60.7 Å². The Kier molecular flexibility index (Phi) is 9.46. The van der Waals surface area contributed by atoms with Gasteiger partial charge in [0.1, 0.15) is 24.4 Å². The molecule has 0 bridgehead atoms. The van der Waals surface area contributed by atoms with Crippen LogP contribution in [0.5, 0.6) is 0 Å². The number of benzene rings is 2. The normalized spacial score (nSPS) is 25.9. The maximum absolute atomic E-state index is 10.2. The van der Waals surface area contributed by atoms with Gasteiger partial charge in [0.05, 0.1) is 19.8 Å². The number of ether oxygens (including phenoxy) is 4. The van der Waals surface area contributed by atoms with Crippen molar-refractivity contribution in [2.45, 2.75) is 82.8 Å². The Labute approximate surface area is 205 Å². The van der Waals surface area contributed by atoms with Gasteiger partial charge in [-0.2, -0.15) is 0 Å². The number of aliphatic hydroxyl groups is 1. The van der Waals surface area contributed by atoms with E-state index in [0.717, 1.165) is 11.1 Å². The zero-order valence-electron chi connectivity index (χ0n) is 21.3. The molecular formula is C27H40O6Si. The Morgan fingerprint density at radius 2 is 1.32 bits per heavy atom. The van der Waals surface area contributed by atoms with Crippen LogP contribution in [0.25, 0.3) is 0 Å². The van der Waals surface area contributed by atoms with Crippen molar-refractivity contribution in [2.75, 3.05) is 13.7 Å². The van der Waals surface area contributed by atoms with Crippen molar-refractivity contribution in [2.24, 2.45) is 0 Å². The van der Waals surface area contributed by atoms with Crippen molar-refractivity contribution < 1.29 is 28.5 Å². The molecule has 1 heterocycles. The molecule has 2 aromatic carbocycles. The number of methoxy groups -OCH3 is 1. The largest absolute Gasteiger partial charge is 0.406 e. The quantitative estimate of drug-likeness (QED) is 0.479. The van der Waals surface area contributed by atoms with Gasteiger partial charge in [0.15, 0.2) is 14.6 Å². The third-order valence-corrected chi connectivity index (χ3v) is 11.3. The molecule has 1 aliphatic heterocycles. The molecule has 0 spiro atoms. The van der Waals surface area contributed by atoms with Crippen molar-refractivity contribution >= 4 is 8.32 Å². The highest BCUT2D eigenvalue weighted by atomic mass is 28.4. The second-order valence-electron chi connectivity index (χ2n) is 10.3. The molecule has 0 amide bonds. The summed E-state index contributed by atoms with van der Waals surface area (Å²) in [5.41, 5.74) is 2.09. The lowest BCUT2D eigenvalue weighted by atomic mass is 9.98. The Balaban J connectivity index is 1.91. The molecule has 0 aromatic heterocycles. The average molecular weight is 489 g/mol. The molecule has 1 N–H and O–H groups in total. The summed E-state index contributed by atoms with van der Waals surface area (Å²) < 4.78 is 31.6. The Morgan fingerprint density at radius 1 is 0.824 bits per heavy atom. The smallest absolute Gasteiger partial charge is 0.192 e. The minimum absolute atomic E-state index is 0.0104. The van der Waals surface area contributed by atoms with E-state index in [-0.39, 0.29) is 11.6 Å². The highest BCUT2D eigenvalue weighted by Crippen LogP contribution is 2.40. The molecule has 0 radical (unpaired) electrons. The van der Waals surface area contributed by atoms with Gasteiger partial charge in [-0.25, -0.2) is 0 Å². The van der Waals surface area contributed by atoms with Gasteiger partial charge in [-0.15, -0.1) is 0 Å². The van der Waals surface area contributed by atoms with Gasteiger partial charge >= 0.3 is 0 Å². The van der Waals surface area contributed by atoms with Crippen LogP contribution >= 0.6 is 0 Å². The first-order valence-electron chi connectivity index (χ1n) is 11.9. The van der Waals surface area contributed by atoms with Gasteiger partial charge in [-0.3, -0.25) is 0 Å². The van der Waals surface area contributed by atoms with Crippen LogP contribution in [0, 0.1) is 0 Å². The number of aliphatic hydroxyl groups excluding tert-OH is 1. The van der Waals surface area contributed by atoms with Crippen molar-refractivity contribution in [1.29, 1.82) is 0 Å². The standard InChI is InChI=1S/C27H40O6Si/c1-27(2,3)34(5,6)33-25-24(31-19-21-15-11-8-12-16-21)23(22(17-28)32-26(25)29-4)30-18-20-13-9-7-10-14-20/h7-16,22-26,28H,17-19H2,1-6H3/t22-,23-,24+,25-,26-/m1/s1. The predicted octanol–water partition coefficient (Wildman–Crippen LogP) is 4.91. The zero-order valence-corrected chi connectivity index (χ0v) is 22.3. The minimum atomic E-state index is -2.21. The third kappa shape index (κ3) is 6.76. The topological polar surface area (TPSA) is 66.4 Å². The van der Waals surface area contributed by atoms with E-state index in [1.54, 1.807) is 7.11 Å². The first kappa shape index (κ1) is 27.0. The molecule has 2 aromatic rings. The van der Waals surface area contributed by atoms with E-state index in [0.29, 0.717) is 13.2 Å². The molecule has 1 fully saturated rings. The van der Waals surface area contributed by atoms with Crippen LogP contribution in [0.4, 0.5) is 0 Å². The van der Waals surface area contributed by atoms with E-state index in [2.05, 4.69) is 33.9 Å². The maximum Gasteiger partial charge on any atom is 0.192 e. The van der Waals surface area contributed by atoms with Gasteiger partial charge in [-0.1, -0.05) is 81.4 Å². The molecule has 1 aliphatic rings. The molecule has 188 valence electrons. The summed E-state index contributed by atoms with van der Waals surface area (Å²) in [7, 11) is -0.609. The first-order chi connectivity index (χ1) is 16.2. The Morgan fingerprint density at radius 3 is 1.76 bits per heavy atom. The molecule has 1 saturated heterocycles. The molecule has 0 unspecified atom stereocenters. The second kappa shape index (κ2) is 11.9. The molecule has 6 nitrogen and oxygen atoms in total. The fourth-order valence-corrected chi connectivity index (χ4v) is 5.06. The summed E-state index contributed by atoms with van der Waals surface area (Å²) >= 11 is 0. The fraction of sp³-hybridized carbons (Fsp3) is 0.556. The zero-order chi connectivity index (χ0) is 24.8. The van der Waals surface area contributed by atoms with Crippen LogP contribution in [-0.2, 0) is 36.6 Å². The highest BCUT2D eigenvalue weighted by Gasteiger charge is 2.52. The number of rotatable bonds is 10. The van der Waals surface area contributed by atoms with Gasteiger partial charge in [0.2, 0.25) is 0 Å². The molecular weight excluding hydrogens is 448 g/mol. The summed E-state index contributed by atoms with van der Waals surface area (Å²) in [4.78, 5) is 0. The number of hydrogen-bond donors (Lipinski definition) is 1. The summed E-state index contributed by atoms with van der Waals surface area (Å²) in [6.07, 6.45) is -2.81. The molecule has 3 rings (SSSR count). The highest BCUT2D eigenvalue weighted by molar-refractivity contribution is 6.74. The molecule has 5 atom stereocenters. The van der Waals surface area contributed by atoms with Crippen LogP contribution in [-0.4, -0.2) is 57.8 Å². The van der Waals surface area contributed by atoms with Crippen molar-refractivity contribution in [3.05, 3.63) is 71.8 Å². The van der Waals surface area contributed by atoms with Crippen molar-refractivity contribution in [1.82, 2.24) is 0 Å². The van der Waals surface area contributed by atoms with Gasteiger partial charge in [-0.05, 0) is 29.3 Å². The molecule has 7 heteroatoms. The van der Waals surface area contributed by atoms with Gasteiger partial charge in [0.25, 0.3) is 0 Å². The van der Waals surface area contributed by atoms with Gasteiger partial charge < -0.3 is 28.5 Å². The summed E-state index contributed by atoms with van der Waals surface area (Å²) in [5, 5.41) is 10.2. The van der Waals surface area contributed by atoms with Gasteiger partial charge in [0, 0.05) is 7.11 Å². The second-order valence-corrected chi connectivity index (χ2v) is 15.1. The van der Waals surface area contributed by atoms with E-state index < -0.39 is 39.0 Å². The Bertz CT molecular complexity index is 854. The summed E-state index contributed by atoms with van der Waals surface area (Å²) in [6, 6.07) is 20.0. The SMILES string of the molecule is CO[C@@H]1O[C@H](CO)[C@@H](OCc2ccccc2)[C@H](OCc2ccccc2)[C@H]1O[Si](C)(C)C(C)(C)C. The van der Waals surface area contributed by atoms with Crippen LogP contribution < -0.4 is 0 Å². The fourth-order valence-electron chi connectivity index (χ4n) is 3.78. The van der Waals surface area contributed by atoms with Crippen LogP contribution in [0.2, 0.25) is 18.1 Å². The lowest BCUT2D eigenvalue weighted by Gasteiger charge is -2.49. The van der Waals surface area contributed by atoms with E-state index in [9.17, 15) is 5.11 Å². The lowest BCUT2D eigenvalue weighted by molar-refractivity contribution is -0.308. The summed E-state index contributed by atoms with van der Waals surface area (Å²) in [5.74, 6) is 0. The number of hydrogen-bond acceptors (Lipinski definition) is 6. The average Bonchev–Trinajstić information content (AvgIpc) is 2.82. The third-order valence-electron chi connectivity index (χ3n) is 6.81. The summed E-state index contributed by atoms with van der Waals surface area (Å²) in [6.45, 7) is 11.6. The minimum Gasteiger partial charge on any atom is -0.406 e. The monoisotopic (exact) mass is 488 g/mol. The predicted molar refractivity (Wildman–Crippen MR) is 135 cm³/mol. The van der Waals surface area contributed by atoms with Crippen molar-refractivity contribution in [3.63, 3.8) is 0 Å². The van der Waals surface area contributed by atoms with E-state index in [1.165, 1.54) is 0 Å². The van der Waals surface area contributed by atoms with E-state index in [4.69, 9.17) is 23.4 Å². The lowest BCUT2D eigenvalue weighted by Crippen LogP contribution is -2.64. The molecule has 0 saturated carbocycles. The first-order valence-corrected chi connectivity index (χ1v) is 14.8. The van der Waals surface area contributed by atoms with Crippen LogP contribution in [0.15, 0.2) is 60.7 Å². The van der Waals surface area contributed by atoms with Crippen molar-refractivity contribution in [3.8, 4) is 0 Å². The maximum atomic E-state index is 10.2. The van der Waals surface area contributed by atoms with Crippen LogP contribution in [0.1, 0.15) is 31.9 Å². The van der Waals surface area contributed by atoms with Crippen LogP contribution in [0.3, 0.4) is 0 Å². The molecule has 0 aliphatic carbocycles.